The predicted molar refractivity (Wildman–Crippen MR) is 84.9 cm³/mol. The van der Waals surface area contributed by atoms with Gasteiger partial charge in [0.2, 0.25) is 0 Å². The molecule has 4 heteroatoms. The molecule has 0 saturated heterocycles. The molecule has 21 heavy (non-hydrogen) atoms. The first-order chi connectivity index (χ1) is 9.97. The predicted octanol–water partition coefficient (Wildman–Crippen LogP) is 3.18. The van der Waals surface area contributed by atoms with Crippen LogP contribution in [0.1, 0.15) is 43.7 Å². The molecule has 2 aliphatic carbocycles. The van der Waals surface area contributed by atoms with Crippen molar-refractivity contribution in [2.75, 3.05) is 13.3 Å². The molecule has 1 N–H and O–H groups in total. The molecule has 0 heterocycles. The van der Waals surface area contributed by atoms with Crippen LogP contribution in [0.2, 0.25) is 0 Å². The maximum absolute atomic E-state index is 11.5. The molecule has 0 aromatic heterocycles. The van der Waals surface area contributed by atoms with Crippen LogP contribution in [0.3, 0.4) is 0 Å². The SMILES string of the molecule is CNC(CC1CC2CCC1C2)c1ccc(S(C)(=O)=O)cc1. The van der Waals surface area contributed by atoms with Crippen LogP contribution < -0.4 is 5.32 Å². The lowest BCUT2D eigenvalue weighted by Gasteiger charge is -2.27. The molecule has 116 valence electrons. The Kier molecular flexibility index (Phi) is 4.10. The topological polar surface area (TPSA) is 46.2 Å². The number of fused-ring (bicyclic) bond motifs is 2. The molecular formula is C17H25NO2S. The fraction of sp³-hybridized carbons (Fsp3) is 0.647. The summed E-state index contributed by atoms with van der Waals surface area (Å²) in [5.41, 5.74) is 1.20. The van der Waals surface area contributed by atoms with Crippen molar-refractivity contribution in [1.82, 2.24) is 5.32 Å². The summed E-state index contributed by atoms with van der Waals surface area (Å²) in [4.78, 5) is 0.404. The van der Waals surface area contributed by atoms with Gasteiger partial charge in [-0.3, -0.25) is 0 Å². The molecule has 2 saturated carbocycles. The highest BCUT2D eigenvalue weighted by molar-refractivity contribution is 7.90. The van der Waals surface area contributed by atoms with Crippen molar-refractivity contribution in [1.29, 1.82) is 0 Å². The molecule has 4 unspecified atom stereocenters. The summed E-state index contributed by atoms with van der Waals surface area (Å²) in [6.07, 6.45) is 8.12. The molecule has 1 aromatic carbocycles. The average molecular weight is 307 g/mol. The Balaban J connectivity index is 1.71. The van der Waals surface area contributed by atoms with Gasteiger partial charge < -0.3 is 5.32 Å². The van der Waals surface area contributed by atoms with Crippen LogP contribution in [0.25, 0.3) is 0 Å². The molecule has 2 aliphatic rings. The summed E-state index contributed by atoms with van der Waals surface area (Å²) in [6, 6.07) is 7.73. The number of hydrogen-bond acceptors (Lipinski definition) is 3. The second-order valence-corrected chi connectivity index (χ2v) is 8.87. The lowest BCUT2D eigenvalue weighted by atomic mass is 9.83. The number of nitrogens with one attached hydrogen (secondary N) is 1. The third-order valence-electron chi connectivity index (χ3n) is 5.48. The van der Waals surface area contributed by atoms with Crippen molar-refractivity contribution in [2.24, 2.45) is 17.8 Å². The van der Waals surface area contributed by atoms with Crippen molar-refractivity contribution in [3.63, 3.8) is 0 Å². The maximum Gasteiger partial charge on any atom is 0.175 e. The van der Waals surface area contributed by atoms with E-state index in [4.69, 9.17) is 0 Å². The van der Waals surface area contributed by atoms with E-state index in [1.165, 1.54) is 43.9 Å². The van der Waals surface area contributed by atoms with Crippen LogP contribution in [0.15, 0.2) is 29.2 Å². The van der Waals surface area contributed by atoms with Gasteiger partial charge in [0.1, 0.15) is 0 Å². The Morgan fingerprint density at radius 2 is 1.90 bits per heavy atom. The van der Waals surface area contributed by atoms with Crippen LogP contribution in [0.5, 0.6) is 0 Å². The van der Waals surface area contributed by atoms with Gasteiger partial charge in [-0.05, 0) is 68.2 Å². The molecule has 2 bridgehead atoms. The Morgan fingerprint density at radius 1 is 1.19 bits per heavy atom. The normalized spacial score (nSPS) is 29.7. The van der Waals surface area contributed by atoms with E-state index in [1.54, 1.807) is 12.1 Å². The second kappa shape index (κ2) is 5.73. The summed E-state index contributed by atoms with van der Waals surface area (Å²) in [6.45, 7) is 0. The van der Waals surface area contributed by atoms with Gasteiger partial charge in [-0.25, -0.2) is 8.42 Å². The fourth-order valence-corrected chi connectivity index (χ4v) is 4.97. The van der Waals surface area contributed by atoms with Crippen LogP contribution in [0, 0.1) is 17.8 Å². The zero-order valence-corrected chi connectivity index (χ0v) is 13.7. The summed E-state index contributed by atoms with van der Waals surface area (Å²) < 4.78 is 23.1. The van der Waals surface area contributed by atoms with Crippen molar-refractivity contribution in [2.45, 2.75) is 43.0 Å². The first-order valence-electron chi connectivity index (χ1n) is 7.94. The van der Waals surface area contributed by atoms with Crippen LogP contribution in [-0.2, 0) is 9.84 Å². The van der Waals surface area contributed by atoms with E-state index in [0.29, 0.717) is 10.9 Å². The first kappa shape index (κ1) is 15.0. The Hall–Kier alpha value is -0.870. The summed E-state index contributed by atoms with van der Waals surface area (Å²) in [5, 5.41) is 3.41. The average Bonchev–Trinajstić information content (AvgIpc) is 3.06. The minimum atomic E-state index is -3.10. The largest absolute Gasteiger partial charge is 0.313 e. The summed E-state index contributed by atoms with van der Waals surface area (Å²) in [7, 11) is -1.10. The van der Waals surface area contributed by atoms with E-state index < -0.39 is 9.84 Å². The van der Waals surface area contributed by atoms with Gasteiger partial charge >= 0.3 is 0 Å². The zero-order chi connectivity index (χ0) is 15.0. The van der Waals surface area contributed by atoms with Crippen LogP contribution in [-0.4, -0.2) is 21.7 Å². The number of hydrogen-bond donors (Lipinski definition) is 1. The van der Waals surface area contributed by atoms with E-state index in [0.717, 1.165) is 17.8 Å². The van der Waals surface area contributed by atoms with E-state index in [2.05, 4.69) is 5.32 Å². The van der Waals surface area contributed by atoms with Crippen LogP contribution >= 0.6 is 0 Å². The van der Waals surface area contributed by atoms with Gasteiger partial charge in [0.05, 0.1) is 4.90 Å². The lowest BCUT2D eigenvalue weighted by molar-refractivity contribution is 0.284. The van der Waals surface area contributed by atoms with Gasteiger partial charge in [-0.15, -0.1) is 0 Å². The van der Waals surface area contributed by atoms with Crippen molar-refractivity contribution in [3.05, 3.63) is 29.8 Å². The first-order valence-corrected chi connectivity index (χ1v) is 9.84. The lowest BCUT2D eigenvalue weighted by Crippen LogP contribution is -2.22. The Morgan fingerprint density at radius 3 is 2.38 bits per heavy atom. The molecule has 3 nitrogen and oxygen atoms in total. The van der Waals surface area contributed by atoms with E-state index in [-0.39, 0.29) is 0 Å². The van der Waals surface area contributed by atoms with Gasteiger partial charge in [0.15, 0.2) is 9.84 Å². The highest BCUT2D eigenvalue weighted by Crippen LogP contribution is 2.50. The zero-order valence-electron chi connectivity index (χ0n) is 12.9. The third kappa shape index (κ3) is 3.16. The molecule has 2 fully saturated rings. The Labute approximate surface area is 128 Å². The van der Waals surface area contributed by atoms with E-state index >= 15 is 0 Å². The third-order valence-corrected chi connectivity index (χ3v) is 6.61. The second-order valence-electron chi connectivity index (χ2n) is 6.85. The molecule has 0 radical (unpaired) electrons. The van der Waals surface area contributed by atoms with Gasteiger partial charge in [0, 0.05) is 12.3 Å². The molecule has 0 aliphatic heterocycles. The summed E-state index contributed by atoms with van der Waals surface area (Å²) in [5.74, 6) is 2.75. The molecule has 4 atom stereocenters. The number of rotatable bonds is 5. The number of sulfone groups is 1. The van der Waals surface area contributed by atoms with E-state index in [1.807, 2.05) is 19.2 Å². The van der Waals surface area contributed by atoms with Crippen molar-refractivity contribution >= 4 is 9.84 Å². The smallest absolute Gasteiger partial charge is 0.175 e. The molecule has 3 rings (SSSR count). The van der Waals surface area contributed by atoms with Gasteiger partial charge in [-0.2, -0.15) is 0 Å². The number of benzene rings is 1. The molecule has 0 amide bonds. The minimum Gasteiger partial charge on any atom is -0.313 e. The minimum absolute atomic E-state index is 0.336. The maximum atomic E-state index is 11.5. The van der Waals surface area contributed by atoms with Crippen LogP contribution in [0.4, 0.5) is 0 Å². The monoisotopic (exact) mass is 307 g/mol. The van der Waals surface area contributed by atoms with E-state index in [9.17, 15) is 8.42 Å². The molecule has 0 spiro atoms. The standard InChI is InChI=1S/C17H25NO2S/c1-18-17(11-15-10-12-3-4-14(15)9-12)13-5-7-16(8-6-13)21(2,19)20/h5-8,12,14-15,17-18H,3-4,9-11H2,1-2H3. The fourth-order valence-electron chi connectivity index (χ4n) is 4.34. The van der Waals surface area contributed by atoms with Crippen molar-refractivity contribution < 1.29 is 8.42 Å². The van der Waals surface area contributed by atoms with Gasteiger partial charge in [-0.1, -0.05) is 18.6 Å². The highest BCUT2D eigenvalue weighted by atomic mass is 32.2. The molecular weight excluding hydrogens is 282 g/mol. The molecule has 1 aromatic rings. The Bertz CT molecular complexity index is 594. The summed E-state index contributed by atoms with van der Waals surface area (Å²) >= 11 is 0. The quantitative estimate of drug-likeness (QED) is 0.909. The highest BCUT2D eigenvalue weighted by Gasteiger charge is 2.40. The van der Waals surface area contributed by atoms with Gasteiger partial charge in [0.25, 0.3) is 0 Å². The van der Waals surface area contributed by atoms with Crippen molar-refractivity contribution in [3.8, 4) is 0 Å².